The molecule has 0 fully saturated rings. The Bertz CT molecular complexity index is 485. The number of hydrogen-bond donors (Lipinski definition) is 0. The second-order valence-electron chi connectivity index (χ2n) is 3.24. The molecule has 0 heterocycles. The number of nitro groups is 1. The summed E-state index contributed by atoms with van der Waals surface area (Å²) >= 11 is 0. The SMILES string of the molecule is CCOC(=O)c1cc([N+](=O)[O-])cc(C(F)(F)F)c1. The Morgan fingerprint density at radius 3 is 2.44 bits per heavy atom. The van der Waals surface area contributed by atoms with E-state index >= 15 is 0 Å². The summed E-state index contributed by atoms with van der Waals surface area (Å²) in [5.74, 6) is -1.04. The van der Waals surface area contributed by atoms with Crippen LogP contribution in [0.3, 0.4) is 0 Å². The summed E-state index contributed by atoms with van der Waals surface area (Å²) < 4.78 is 42.0. The average Bonchev–Trinajstić information content (AvgIpc) is 2.27. The van der Waals surface area contributed by atoms with Gasteiger partial charge in [-0.1, -0.05) is 0 Å². The standard InChI is InChI=1S/C10H8F3NO4/c1-2-18-9(15)6-3-7(10(11,12)13)5-8(4-6)14(16)17/h3-5H,2H2,1H3. The minimum Gasteiger partial charge on any atom is -0.462 e. The lowest BCUT2D eigenvalue weighted by Crippen LogP contribution is -2.10. The smallest absolute Gasteiger partial charge is 0.416 e. The van der Waals surface area contributed by atoms with Crippen LogP contribution in [0.2, 0.25) is 0 Å². The van der Waals surface area contributed by atoms with E-state index in [0.717, 1.165) is 6.07 Å². The second kappa shape index (κ2) is 5.03. The van der Waals surface area contributed by atoms with E-state index in [1.165, 1.54) is 6.92 Å². The van der Waals surface area contributed by atoms with Crippen molar-refractivity contribution in [1.82, 2.24) is 0 Å². The van der Waals surface area contributed by atoms with Gasteiger partial charge in [-0.2, -0.15) is 13.2 Å². The van der Waals surface area contributed by atoms with Gasteiger partial charge in [-0.3, -0.25) is 10.1 Å². The normalized spacial score (nSPS) is 11.1. The highest BCUT2D eigenvalue weighted by Gasteiger charge is 2.33. The number of esters is 1. The van der Waals surface area contributed by atoms with Crippen LogP contribution in [-0.4, -0.2) is 17.5 Å². The lowest BCUT2D eigenvalue weighted by molar-refractivity contribution is -0.385. The number of alkyl halides is 3. The van der Waals surface area contributed by atoms with Crippen molar-refractivity contribution >= 4 is 11.7 Å². The Balaban J connectivity index is 3.31. The van der Waals surface area contributed by atoms with Gasteiger partial charge in [-0.05, 0) is 13.0 Å². The van der Waals surface area contributed by atoms with Crippen LogP contribution in [0.25, 0.3) is 0 Å². The van der Waals surface area contributed by atoms with Crippen LogP contribution in [0.5, 0.6) is 0 Å². The second-order valence-corrected chi connectivity index (χ2v) is 3.24. The predicted molar refractivity (Wildman–Crippen MR) is 54.1 cm³/mol. The molecular formula is C10H8F3NO4. The highest BCUT2D eigenvalue weighted by Crippen LogP contribution is 2.32. The van der Waals surface area contributed by atoms with E-state index in [1.54, 1.807) is 0 Å². The van der Waals surface area contributed by atoms with Gasteiger partial charge < -0.3 is 4.74 Å². The number of nitrogens with zero attached hydrogens (tertiary/aromatic N) is 1. The van der Waals surface area contributed by atoms with E-state index < -0.39 is 33.9 Å². The minimum absolute atomic E-state index is 0.0388. The largest absolute Gasteiger partial charge is 0.462 e. The van der Waals surface area contributed by atoms with Gasteiger partial charge >= 0.3 is 12.1 Å². The van der Waals surface area contributed by atoms with Crippen molar-refractivity contribution in [3.05, 3.63) is 39.4 Å². The third-order valence-electron chi connectivity index (χ3n) is 1.97. The third kappa shape index (κ3) is 3.19. The maximum absolute atomic E-state index is 12.5. The summed E-state index contributed by atoms with van der Waals surface area (Å²) in [5, 5.41) is 10.5. The first-order valence-electron chi connectivity index (χ1n) is 4.79. The number of non-ortho nitro benzene ring substituents is 1. The Morgan fingerprint density at radius 1 is 1.39 bits per heavy atom. The van der Waals surface area contributed by atoms with E-state index in [9.17, 15) is 28.1 Å². The summed E-state index contributed by atoms with van der Waals surface area (Å²) in [6.45, 7) is 1.43. The molecule has 0 atom stereocenters. The molecular weight excluding hydrogens is 255 g/mol. The van der Waals surface area contributed by atoms with Gasteiger partial charge in [0.05, 0.1) is 22.7 Å². The molecule has 18 heavy (non-hydrogen) atoms. The first-order chi connectivity index (χ1) is 8.25. The zero-order valence-electron chi connectivity index (χ0n) is 9.15. The lowest BCUT2D eigenvalue weighted by Gasteiger charge is -2.08. The molecule has 1 aromatic carbocycles. The molecule has 1 rings (SSSR count). The topological polar surface area (TPSA) is 69.4 Å². The number of hydrogen-bond acceptors (Lipinski definition) is 4. The van der Waals surface area contributed by atoms with E-state index in [-0.39, 0.29) is 6.61 Å². The zero-order valence-corrected chi connectivity index (χ0v) is 9.15. The van der Waals surface area contributed by atoms with Crippen LogP contribution < -0.4 is 0 Å². The zero-order chi connectivity index (χ0) is 13.9. The van der Waals surface area contributed by atoms with Gasteiger partial charge in [0.15, 0.2) is 0 Å². The van der Waals surface area contributed by atoms with Crippen molar-refractivity contribution in [2.45, 2.75) is 13.1 Å². The molecule has 5 nitrogen and oxygen atoms in total. The molecule has 0 aliphatic heterocycles. The molecule has 0 saturated heterocycles. The van der Waals surface area contributed by atoms with Gasteiger partial charge in [-0.25, -0.2) is 4.79 Å². The molecule has 8 heteroatoms. The van der Waals surface area contributed by atoms with E-state index in [1.807, 2.05) is 0 Å². The summed E-state index contributed by atoms with van der Waals surface area (Å²) in [7, 11) is 0. The number of nitro benzene ring substituents is 1. The first kappa shape index (κ1) is 13.9. The van der Waals surface area contributed by atoms with Crippen molar-refractivity contribution in [3.63, 3.8) is 0 Å². The highest BCUT2D eigenvalue weighted by atomic mass is 19.4. The van der Waals surface area contributed by atoms with Crippen LogP contribution in [0, 0.1) is 10.1 Å². The first-order valence-corrected chi connectivity index (χ1v) is 4.79. The predicted octanol–water partition coefficient (Wildman–Crippen LogP) is 2.79. The molecule has 98 valence electrons. The summed E-state index contributed by atoms with van der Waals surface area (Å²) in [4.78, 5) is 20.8. The maximum Gasteiger partial charge on any atom is 0.416 e. The fourth-order valence-corrected chi connectivity index (χ4v) is 1.21. The summed E-state index contributed by atoms with van der Waals surface area (Å²) in [6.07, 6.45) is -4.77. The monoisotopic (exact) mass is 263 g/mol. The van der Waals surface area contributed by atoms with Gasteiger partial charge in [0.1, 0.15) is 0 Å². The Morgan fingerprint density at radius 2 is 2.00 bits per heavy atom. The van der Waals surface area contributed by atoms with Crippen LogP contribution in [0.4, 0.5) is 18.9 Å². The minimum atomic E-state index is -4.77. The molecule has 0 unspecified atom stereocenters. The third-order valence-corrected chi connectivity index (χ3v) is 1.97. The molecule has 0 aromatic heterocycles. The van der Waals surface area contributed by atoms with Crippen molar-refractivity contribution < 1.29 is 27.6 Å². The van der Waals surface area contributed by atoms with Crippen LogP contribution >= 0.6 is 0 Å². The number of benzene rings is 1. The van der Waals surface area contributed by atoms with Gasteiger partial charge in [-0.15, -0.1) is 0 Å². The number of carbonyl (C=O) groups excluding carboxylic acids is 1. The maximum atomic E-state index is 12.5. The molecule has 0 N–H and O–H groups in total. The number of carbonyl (C=O) groups is 1. The number of rotatable bonds is 3. The molecule has 0 spiro atoms. The highest BCUT2D eigenvalue weighted by molar-refractivity contribution is 5.90. The van der Waals surface area contributed by atoms with Crippen molar-refractivity contribution in [3.8, 4) is 0 Å². The quantitative estimate of drug-likeness (QED) is 0.477. The average molecular weight is 263 g/mol. The Hall–Kier alpha value is -2.12. The van der Waals surface area contributed by atoms with Gasteiger partial charge in [0, 0.05) is 12.1 Å². The fraction of sp³-hybridized carbons (Fsp3) is 0.300. The molecule has 0 bridgehead atoms. The molecule has 0 aliphatic rings. The van der Waals surface area contributed by atoms with E-state index in [0.29, 0.717) is 12.1 Å². The number of halogens is 3. The van der Waals surface area contributed by atoms with Crippen molar-refractivity contribution in [2.24, 2.45) is 0 Å². The van der Waals surface area contributed by atoms with Gasteiger partial charge in [0.2, 0.25) is 0 Å². The number of ether oxygens (including phenoxy) is 1. The Kier molecular flexibility index (Phi) is 3.89. The van der Waals surface area contributed by atoms with Crippen molar-refractivity contribution in [2.75, 3.05) is 6.61 Å². The Labute approximate surface area is 99.3 Å². The summed E-state index contributed by atoms with van der Waals surface area (Å²) in [6, 6.07) is 1.63. The van der Waals surface area contributed by atoms with Crippen LogP contribution in [0.15, 0.2) is 18.2 Å². The van der Waals surface area contributed by atoms with E-state index in [4.69, 9.17) is 0 Å². The van der Waals surface area contributed by atoms with Crippen LogP contribution in [-0.2, 0) is 10.9 Å². The van der Waals surface area contributed by atoms with Gasteiger partial charge in [0.25, 0.3) is 5.69 Å². The molecule has 0 amide bonds. The molecule has 0 saturated carbocycles. The van der Waals surface area contributed by atoms with Crippen LogP contribution in [0.1, 0.15) is 22.8 Å². The molecule has 0 radical (unpaired) electrons. The molecule has 0 aliphatic carbocycles. The summed E-state index contributed by atoms with van der Waals surface area (Å²) in [5.41, 5.74) is -2.58. The van der Waals surface area contributed by atoms with Crippen molar-refractivity contribution in [1.29, 1.82) is 0 Å². The van der Waals surface area contributed by atoms with E-state index in [2.05, 4.69) is 4.74 Å². The fourth-order valence-electron chi connectivity index (χ4n) is 1.21. The lowest BCUT2D eigenvalue weighted by atomic mass is 10.1. The molecule has 1 aromatic rings.